The van der Waals surface area contributed by atoms with Crippen molar-refractivity contribution < 1.29 is 14.6 Å². The Labute approximate surface area is 194 Å². The fourth-order valence-electron chi connectivity index (χ4n) is 4.80. The van der Waals surface area contributed by atoms with Gasteiger partial charge in [-0.3, -0.25) is 4.79 Å². The number of ketones is 1. The van der Waals surface area contributed by atoms with Crippen molar-refractivity contribution in [2.75, 3.05) is 0 Å². The number of allylic oxidation sites excluding steroid dienone is 14. The summed E-state index contributed by atoms with van der Waals surface area (Å²) in [5.41, 5.74) is 1.91. The Morgan fingerprint density at radius 2 is 1.50 bits per heavy atom. The predicted octanol–water partition coefficient (Wildman–Crippen LogP) is 6.74. The van der Waals surface area contributed by atoms with Crippen LogP contribution in [0.4, 0.5) is 0 Å². The first-order valence-corrected chi connectivity index (χ1v) is 11.5. The highest BCUT2D eigenvalue weighted by Gasteiger charge is 2.76. The van der Waals surface area contributed by atoms with Crippen LogP contribution in [0.25, 0.3) is 0 Å². The molecule has 0 radical (unpaired) electrons. The molecule has 0 aromatic heterocycles. The Bertz CT molecular complexity index is 907. The van der Waals surface area contributed by atoms with Crippen LogP contribution in [-0.2, 0) is 9.53 Å². The molecule has 32 heavy (non-hydrogen) atoms. The standard InChI is InChI=1S/C29H40O3/c1-8-9-10-14-22(2)15-11-12-16-23(3)17-13-18-24(4)26(31)21-29-27(5,6)19-25(30)20-28(29,7)32-29/h8-18,25,30H,19-21H2,1-7H3/b9-8-,12-11+,14-10+,17-13+,22-15+,23-16+,24-18+. The van der Waals surface area contributed by atoms with Crippen LogP contribution in [0, 0.1) is 5.41 Å². The van der Waals surface area contributed by atoms with E-state index in [1.807, 2.05) is 82.4 Å². The highest BCUT2D eigenvalue weighted by atomic mass is 16.6. The smallest absolute Gasteiger partial charge is 0.161 e. The molecule has 3 atom stereocenters. The fraction of sp³-hybridized carbons (Fsp3) is 0.483. The van der Waals surface area contributed by atoms with E-state index in [4.69, 9.17) is 4.74 Å². The maximum Gasteiger partial charge on any atom is 0.161 e. The maximum absolute atomic E-state index is 12.9. The number of hydrogen-bond acceptors (Lipinski definition) is 3. The number of Topliss-reactive ketones (excluding diaryl/α,β-unsaturated/α-hetero) is 1. The lowest BCUT2D eigenvalue weighted by Crippen LogP contribution is -2.48. The van der Waals surface area contributed by atoms with Gasteiger partial charge < -0.3 is 9.84 Å². The Morgan fingerprint density at radius 3 is 2.06 bits per heavy atom. The zero-order valence-corrected chi connectivity index (χ0v) is 20.8. The van der Waals surface area contributed by atoms with Gasteiger partial charge in [-0.05, 0) is 52.0 Å². The van der Waals surface area contributed by atoms with Crippen molar-refractivity contribution in [2.24, 2.45) is 5.41 Å². The summed E-state index contributed by atoms with van der Waals surface area (Å²) in [6.45, 7) is 14.2. The number of ether oxygens (including phenoxy) is 1. The lowest BCUT2D eigenvalue weighted by molar-refractivity contribution is -0.118. The number of rotatable bonds is 9. The van der Waals surface area contributed by atoms with Gasteiger partial charge in [-0.1, -0.05) is 91.8 Å². The fourth-order valence-corrected chi connectivity index (χ4v) is 4.80. The van der Waals surface area contributed by atoms with Gasteiger partial charge in [-0.2, -0.15) is 0 Å². The third-order valence-electron chi connectivity index (χ3n) is 6.72. The minimum Gasteiger partial charge on any atom is -0.393 e. The van der Waals surface area contributed by atoms with E-state index >= 15 is 0 Å². The first-order valence-electron chi connectivity index (χ1n) is 11.5. The third kappa shape index (κ3) is 6.17. The molecule has 3 unspecified atom stereocenters. The van der Waals surface area contributed by atoms with Crippen molar-refractivity contribution in [3.05, 3.63) is 83.6 Å². The first-order chi connectivity index (χ1) is 15.0. The first kappa shape index (κ1) is 26.0. The summed E-state index contributed by atoms with van der Waals surface area (Å²) in [7, 11) is 0. The van der Waals surface area contributed by atoms with E-state index in [9.17, 15) is 9.90 Å². The quantitative estimate of drug-likeness (QED) is 0.247. The average molecular weight is 437 g/mol. The highest BCUT2D eigenvalue weighted by molar-refractivity contribution is 5.96. The number of carbonyl (C=O) groups excluding carboxylic acids is 1. The van der Waals surface area contributed by atoms with Gasteiger partial charge in [-0.25, -0.2) is 0 Å². The minimum absolute atomic E-state index is 0.107. The molecule has 174 valence electrons. The van der Waals surface area contributed by atoms with E-state index in [2.05, 4.69) is 32.9 Å². The number of aliphatic hydroxyl groups is 1. The molecule has 2 aliphatic rings. The Kier molecular flexibility index (Phi) is 8.61. The molecule has 1 N–H and O–H groups in total. The zero-order valence-electron chi connectivity index (χ0n) is 20.8. The zero-order chi connectivity index (χ0) is 24.0. The van der Waals surface area contributed by atoms with E-state index in [0.29, 0.717) is 19.3 Å². The van der Waals surface area contributed by atoms with E-state index in [1.165, 1.54) is 5.57 Å². The van der Waals surface area contributed by atoms with Crippen LogP contribution in [0.2, 0.25) is 0 Å². The summed E-state index contributed by atoms with van der Waals surface area (Å²) in [5.74, 6) is 0.107. The van der Waals surface area contributed by atoms with Gasteiger partial charge in [0, 0.05) is 12.8 Å². The molecule has 3 nitrogen and oxygen atoms in total. The van der Waals surface area contributed by atoms with Gasteiger partial charge in [-0.15, -0.1) is 0 Å². The van der Waals surface area contributed by atoms with Gasteiger partial charge in [0.25, 0.3) is 0 Å². The summed E-state index contributed by atoms with van der Waals surface area (Å²) in [6.07, 6.45) is 23.3. The number of aliphatic hydroxyl groups excluding tert-OH is 1. The van der Waals surface area contributed by atoms with Gasteiger partial charge in [0.2, 0.25) is 0 Å². The summed E-state index contributed by atoms with van der Waals surface area (Å²) >= 11 is 0. The monoisotopic (exact) mass is 436 g/mol. The number of hydrogen-bond donors (Lipinski definition) is 1. The van der Waals surface area contributed by atoms with Crippen LogP contribution < -0.4 is 0 Å². The number of carbonyl (C=O) groups is 1. The van der Waals surface area contributed by atoms with Crippen molar-refractivity contribution in [1.82, 2.24) is 0 Å². The molecule has 0 amide bonds. The second-order valence-electron chi connectivity index (χ2n) is 10.0. The van der Waals surface area contributed by atoms with E-state index < -0.39 is 11.2 Å². The molecule has 2 rings (SSSR count). The van der Waals surface area contributed by atoms with Gasteiger partial charge in [0.15, 0.2) is 5.78 Å². The second kappa shape index (κ2) is 10.6. The SMILES string of the molecule is C\C=C/C=C/C(C)=C/C=C/C=C(C)/C=C/C=C(\C)C(=O)CC12OC1(C)CC(O)CC2(C)C. The Hall–Kier alpha value is -2.23. The average Bonchev–Trinajstić information content (AvgIpc) is 3.30. The van der Waals surface area contributed by atoms with E-state index in [-0.39, 0.29) is 17.3 Å². The Morgan fingerprint density at radius 1 is 0.906 bits per heavy atom. The van der Waals surface area contributed by atoms with Crippen molar-refractivity contribution in [3.63, 3.8) is 0 Å². The molecule has 0 bridgehead atoms. The second-order valence-corrected chi connectivity index (χ2v) is 10.0. The van der Waals surface area contributed by atoms with Crippen LogP contribution in [0.5, 0.6) is 0 Å². The largest absolute Gasteiger partial charge is 0.393 e. The molecule has 1 saturated carbocycles. The third-order valence-corrected chi connectivity index (χ3v) is 6.72. The lowest BCUT2D eigenvalue weighted by Gasteiger charge is -2.40. The number of fused-ring (bicyclic) bond motifs is 1. The van der Waals surface area contributed by atoms with Crippen LogP contribution in [-0.4, -0.2) is 28.2 Å². The maximum atomic E-state index is 12.9. The molecule has 0 aromatic carbocycles. The summed E-state index contributed by atoms with van der Waals surface area (Å²) in [4.78, 5) is 12.9. The van der Waals surface area contributed by atoms with Crippen LogP contribution in [0.15, 0.2) is 83.6 Å². The molecule has 1 aliphatic heterocycles. The molecule has 3 heteroatoms. The molecule has 0 aromatic rings. The van der Waals surface area contributed by atoms with Crippen molar-refractivity contribution in [2.45, 2.75) is 85.0 Å². The molecule has 1 saturated heterocycles. The molecule has 1 aliphatic carbocycles. The molecule has 2 fully saturated rings. The van der Waals surface area contributed by atoms with Gasteiger partial charge >= 0.3 is 0 Å². The van der Waals surface area contributed by atoms with Crippen LogP contribution in [0.1, 0.15) is 67.7 Å². The molecule has 0 spiro atoms. The Balaban J connectivity index is 1.94. The van der Waals surface area contributed by atoms with Gasteiger partial charge in [0.05, 0.1) is 11.7 Å². The van der Waals surface area contributed by atoms with Crippen molar-refractivity contribution in [1.29, 1.82) is 0 Å². The van der Waals surface area contributed by atoms with Crippen LogP contribution in [0.3, 0.4) is 0 Å². The van der Waals surface area contributed by atoms with Gasteiger partial charge in [0.1, 0.15) is 5.60 Å². The normalized spacial score (nSPS) is 31.2. The lowest BCUT2D eigenvalue weighted by atomic mass is 9.61. The summed E-state index contributed by atoms with van der Waals surface area (Å²) in [6, 6.07) is 0. The van der Waals surface area contributed by atoms with E-state index in [0.717, 1.165) is 11.1 Å². The van der Waals surface area contributed by atoms with E-state index in [1.54, 1.807) is 0 Å². The molecule has 1 heterocycles. The predicted molar refractivity (Wildman–Crippen MR) is 134 cm³/mol. The molecular weight excluding hydrogens is 396 g/mol. The topological polar surface area (TPSA) is 49.8 Å². The minimum atomic E-state index is -0.469. The summed E-state index contributed by atoms with van der Waals surface area (Å²) in [5, 5.41) is 10.2. The molecular formula is C29H40O3. The number of epoxide rings is 1. The van der Waals surface area contributed by atoms with Crippen LogP contribution >= 0.6 is 0 Å². The summed E-state index contributed by atoms with van der Waals surface area (Å²) < 4.78 is 6.15. The highest BCUT2D eigenvalue weighted by Crippen LogP contribution is 2.67. The van der Waals surface area contributed by atoms with Crippen molar-refractivity contribution in [3.8, 4) is 0 Å². The van der Waals surface area contributed by atoms with Crippen molar-refractivity contribution >= 4 is 5.78 Å².